The van der Waals surface area contributed by atoms with Crippen molar-refractivity contribution in [3.63, 3.8) is 0 Å². The number of benzene rings is 1. The maximum atomic E-state index is 12.9. The number of carboxylic acid groups (broad SMARTS) is 1. The average molecular weight is 523 g/mol. The number of aliphatic hydroxyl groups is 2. The maximum Gasteiger partial charge on any atom is 0.333 e. The highest BCUT2D eigenvalue weighted by atomic mass is 35.5. The molecule has 1 saturated heterocycles. The van der Waals surface area contributed by atoms with E-state index in [9.17, 15) is 24.6 Å². The number of carbonyl (C=O) groups is 3. The molecule has 1 fully saturated rings. The number of ether oxygens (including phenoxy) is 2. The number of aliphatic carboxylic acids is 1. The highest BCUT2D eigenvalue weighted by Crippen LogP contribution is 2.64. The fourth-order valence-corrected chi connectivity index (χ4v) is 6.41. The minimum Gasteiger partial charge on any atom is -0.481 e. The van der Waals surface area contributed by atoms with E-state index in [1.807, 2.05) is 20.0 Å². The molecule has 0 aromatic heterocycles. The molecule has 1 spiro atoms. The predicted octanol–water partition coefficient (Wildman–Crippen LogP) is 0.578. The van der Waals surface area contributed by atoms with E-state index >= 15 is 0 Å². The van der Waals surface area contributed by atoms with Crippen molar-refractivity contribution in [3.05, 3.63) is 40.7 Å². The Morgan fingerprint density at radius 1 is 1.33 bits per heavy atom. The quantitative estimate of drug-likeness (QED) is 0.394. The SMILES string of the molecule is Cc1ccc2c3c1O[C@H]1C(OC(=O)[C@H](C)NC(=O)C[C@H](O)C(=O)O)=CC[C@@]4(O)[C@@H](C2)N(C)CC[C@]314.Cl. The number of hydrogen-bond donors (Lipinski definition) is 4. The van der Waals surface area contributed by atoms with E-state index in [1.54, 1.807) is 6.08 Å². The first-order chi connectivity index (χ1) is 16.5. The first-order valence-corrected chi connectivity index (χ1v) is 11.8. The van der Waals surface area contributed by atoms with Crippen LogP contribution in [0.1, 0.15) is 42.9 Å². The van der Waals surface area contributed by atoms with Gasteiger partial charge in [0.15, 0.2) is 12.2 Å². The number of carbonyl (C=O) groups excluding carboxylic acids is 2. The number of hydrogen-bond acceptors (Lipinski definition) is 8. The number of nitrogens with one attached hydrogen (secondary N) is 1. The zero-order valence-corrected chi connectivity index (χ0v) is 21.1. The number of piperidine rings is 1. The molecular weight excluding hydrogens is 492 g/mol. The van der Waals surface area contributed by atoms with Gasteiger partial charge >= 0.3 is 11.9 Å². The van der Waals surface area contributed by atoms with E-state index in [0.29, 0.717) is 25.0 Å². The van der Waals surface area contributed by atoms with E-state index in [4.69, 9.17) is 14.6 Å². The second-order valence-corrected chi connectivity index (χ2v) is 10.2. The van der Waals surface area contributed by atoms with E-state index in [1.165, 1.54) is 6.92 Å². The second-order valence-electron chi connectivity index (χ2n) is 10.2. The molecule has 10 nitrogen and oxygen atoms in total. The van der Waals surface area contributed by atoms with E-state index in [2.05, 4.69) is 16.3 Å². The van der Waals surface area contributed by atoms with Gasteiger partial charge in [-0.1, -0.05) is 12.1 Å². The Balaban J connectivity index is 0.00000304. The number of nitrogens with zero attached hydrogens (tertiary/aromatic N) is 1. The molecule has 36 heavy (non-hydrogen) atoms. The fraction of sp³-hybridized carbons (Fsp3) is 0.560. The monoisotopic (exact) mass is 522 g/mol. The predicted molar refractivity (Wildman–Crippen MR) is 129 cm³/mol. The molecule has 1 aromatic carbocycles. The first-order valence-electron chi connectivity index (χ1n) is 11.8. The van der Waals surface area contributed by atoms with Crippen LogP contribution in [0.2, 0.25) is 0 Å². The topological polar surface area (TPSA) is 146 Å². The molecule has 2 bridgehead atoms. The van der Waals surface area contributed by atoms with Crippen LogP contribution in [0, 0.1) is 6.92 Å². The van der Waals surface area contributed by atoms with Crippen molar-refractivity contribution in [2.45, 2.75) is 74.8 Å². The van der Waals surface area contributed by atoms with Crippen LogP contribution in [0.4, 0.5) is 0 Å². The zero-order valence-electron chi connectivity index (χ0n) is 20.3. The number of rotatable bonds is 6. The summed E-state index contributed by atoms with van der Waals surface area (Å²) >= 11 is 0. The van der Waals surface area contributed by atoms with Gasteiger partial charge in [-0.25, -0.2) is 9.59 Å². The Hall–Kier alpha value is -2.66. The molecular formula is C25H31ClN2O8. The molecule has 5 rings (SSSR count). The second kappa shape index (κ2) is 9.02. The maximum absolute atomic E-state index is 12.9. The smallest absolute Gasteiger partial charge is 0.333 e. The molecule has 2 aliphatic carbocycles. The summed E-state index contributed by atoms with van der Waals surface area (Å²) in [6.45, 7) is 4.14. The highest BCUT2D eigenvalue weighted by Gasteiger charge is 2.71. The fourth-order valence-electron chi connectivity index (χ4n) is 6.41. The summed E-state index contributed by atoms with van der Waals surface area (Å²) in [7, 11) is 2.02. The third-order valence-electron chi connectivity index (χ3n) is 8.18. The molecule has 0 saturated carbocycles. The number of aryl methyl sites for hydroxylation is 1. The van der Waals surface area contributed by atoms with Crippen LogP contribution in [0.3, 0.4) is 0 Å². The lowest BCUT2D eigenvalue weighted by Crippen LogP contribution is -2.74. The van der Waals surface area contributed by atoms with Gasteiger partial charge in [0.05, 0.1) is 17.4 Å². The van der Waals surface area contributed by atoms with Crippen molar-refractivity contribution in [1.82, 2.24) is 10.2 Å². The molecule has 6 atom stereocenters. The molecule has 2 aliphatic heterocycles. The molecule has 4 N–H and O–H groups in total. The molecule has 2 heterocycles. The molecule has 1 aromatic rings. The molecule has 4 aliphatic rings. The van der Waals surface area contributed by atoms with Crippen LogP contribution in [0.5, 0.6) is 5.75 Å². The summed E-state index contributed by atoms with van der Waals surface area (Å²) in [6.07, 6.45) is 0.130. The van der Waals surface area contributed by atoms with Crippen LogP contribution >= 0.6 is 12.4 Å². The number of halogens is 1. The number of carboxylic acids is 1. The number of likely N-dealkylation sites (N-methyl/N-ethyl adjacent to an activating group) is 1. The minimum atomic E-state index is -1.86. The van der Waals surface area contributed by atoms with Gasteiger partial charge in [-0.05, 0) is 57.5 Å². The average Bonchev–Trinajstić information content (AvgIpc) is 3.15. The van der Waals surface area contributed by atoms with E-state index in [-0.39, 0.29) is 18.4 Å². The summed E-state index contributed by atoms with van der Waals surface area (Å²) in [5.74, 6) is -2.01. The number of amides is 1. The van der Waals surface area contributed by atoms with Gasteiger partial charge in [-0.3, -0.25) is 4.79 Å². The van der Waals surface area contributed by atoms with Gasteiger partial charge in [0.2, 0.25) is 5.91 Å². The van der Waals surface area contributed by atoms with Crippen molar-refractivity contribution >= 4 is 30.3 Å². The number of aliphatic hydroxyl groups excluding tert-OH is 1. The molecule has 11 heteroatoms. The van der Waals surface area contributed by atoms with Gasteiger partial charge in [0.1, 0.15) is 17.6 Å². The summed E-state index contributed by atoms with van der Waals surface area (Å²) in [5.41, 5.74) is 1.27. The zero-order chi connectivity index (χ0) is 25.3. The van der Waals surface area contributed by atoms with E-state index < -0.39 is 53.5 Å². The summed E-state index contributed by atoms with van der Waals surface area (Å²) in [5, 5.41) is 32.6. The van der Waals surface area contributed by atoms with Crippen molar-refractivity contribution in [1.29, 1.82) is 0 Å². The van der Waals surface area contributed by atoms with Crippen molar-refractivity contribution in [3.8, 4) is 5.75 Å². The lowest BCUT2D eigenvalue weighted by Gasteiger charge is -2.61. The molecule has 0 unspecified atom stereocenters. The Bertz CT molecular complexity index is 1160. The lowest BCUT2D eigenvalue weighted by atomic mass is 9.50. The van der Waals surface area contributed by atoms with E-state index in [0.717, 1.165) is 29.0 Å². The summed E-state index contributed by atoms with van der Waals surface area (Å²) in [4.78, 5) is 37.8. The van der Waals surface area contributed by atoms with Gasteiger partial charge in [0, 0.05) is 18.0 Å². The summed E-state index contributed by atoms with van der Waals surface area (Å²) < 4.78 is 12.2. The summed E-state index contributed by atoms with van der Waals surface area (Å²) in [6, 6.07) is 2.93. The Labute approximate surface area is 214 Å². The van der Waals surface area contributed by atoms with Crippen LogP contribution in [-0.4, -0.2) is 81.6 Å². The third kappa shape index (κ3) is 3.61. The number of likely N-dealkylation sites (tertiary alicyclic amines) is 1. The van der Waals surface area contributed by atoms with Crippen LogP contribution in [0.15, 0.2) is 24.0 Å². The van der Waals surface area contributed by atoms with Gasteiger partial charge in [-0.15, -0.1) is 12.4 Å². The Kier molecular flexibility index (Phi) is 6.62. The largest absolute Gasteiger partial charge is 0.481 e. The normalized spacial score (nSPS) is 31.1. The van der Waals surface area contributed by atoms with Crippen LogP contribution in [-0.2, 0) is 31.0 Å². The minimum absolute atomic E-state index is 0. The Morgan fingerprint density at radius 2 is 2.06 bits per heavy atom. The Morgan fingerprint density at radius 3 is 2.75 bits per heavy atom. The highest BCUT2D eigenvalue weighted by molar-refractivity contribution is 5.87. The molecule has 196 valence electrons. The van der Waals surface area contributed by atoms with Crippen LogP contribution in [0.25, 0.3) is 0 Å². The first kappa shape index (κ1) is 26.4. The number of esters is 1. The van der Waals surface area contributed by atoms with Crippen LogP contribution < -0.4 is 10.1 Å². The van der Waals surface area contributed by atoms with Gasteiger partial charge in [0.25, 0.3) is 0 Å². The third-order valence-corrected chi connectivity index (χ3v) is 8.18. The van der Waals surface area contributed by atoms with Gasteiger partial charge in [-0.2, -0.15) is 0 Å². The van der Waals surface area contributed by atoms with Gasteiger partial charge < -0.3 is 35.0 Å². The standard InChI is InChI=1S/C25H30N2O8.ClH/c1-12-4-5-14-10-17-25(33)7-6-16(21-24(25,8-9-27(17)3)19(14)20(12)35-21)34-23(32)13(2)26-18(29)11-15(28)22(30)31;/h4-6,13,15,17,21,28,33H,7-11H2,1-3H3,(H,26,29)(H,30,31);1H/t13-,15-,17+,21-,24-,25+;/m0./s1. The lowest BCUT2D eigenvalue weighted by molar-refractivity contribution is -0.170. The molecule has 1 amide bonds. The van der Waals surface area contributed by atoms with Crippen molar-refractivity contribution in [2.24, 2.45) is 0 Å². The van der Waals surface area contributed by atoms with Crippen molar-refractivity contribution < 1.29 is 39.2 Å². The molecule has 0 radical (unpaired) electrons. The van der Waals surface area contributed by atoms with Crippen molar-refractivity contribution in [2.75, 3.05) is 13.6 Å².